The molecule has 0 spiro atoms. The second-order valence-electron chi connectivity index (χ2n) is 8.15. The van der Waals surface area contributed by atoms with Crippen molar-refractivity contribution in [1.82, 2.24) is 4.90 Å². The van der Waals surface area contributed by atoms with Crippen LogP contribution in [0, 0.1) is 5.82 Å². The van der Waals surface area contributed by atoms with Gasteiger partial charge in [-0.3, -0.25) is 0 Å². The van der Waals surface area contributed by atoms with E-state index in [1.165, 1.54) is 17.8 Å². The lowest BCUT2D eigenvalue weighted by Gasteiger charge is -2.31. The lowest BCUT2D eigenvalue weighted by Crippen LogP contribution is -2.36. The number of carbonyl (C=O) groups is 1. The third-order valence-electron chi connectivity index (χ3n) is 5.78. The Labute approximate surface area is 198 Å². The van der Waals surface area contributed by atoms with Gasteiger partial charge < -0.3 is 19.6 Å². The molecule has 2 aromatic rings. The van der Waals surface area contributed by atoms with Gasteiger partial charge in [-0.15, -0.1) is 11.8 Å². The summed E-state index contributed by atoms with van der Waals surface area (Å²) in [6.45, 7) is 4.58. The summed E-state index contributed by atoms with van der Waals surface area (Å²) in [7, 11) is 0. The molecular weight excluding hydrogens is 439 g/mol. The van der Waals surface area contributed by atoms with Crippen LogP contribution in [0.15, 0.2) is 71.3 Å². The maximum Gasteiger partial charge on any atom is 0.338 e. The molecule has 2 aromatic carbocycles. The first kappa shape index (κ1) is 23.4. The van der Waals surface area contributed by atoms with Gasteiger partial charge >= 0.3 is 5.97 Å². The average Bonchev–Trinajstić information content (AvgIpc) is 2.84. The van der Waals surface area contributed by atoms with Crippen LogP contribution < -0.4 is 4.90 Å². The van der Waals surface area contributed by atoms with E-state index in [1.807, 2.05) is 6.08 Å². The molecule has 1 N–H and O–H groups in total. The molecule has 0 aliphatic carbocycles. The maximum atomic E-state index is 13.1. The average molecular weight is 469 g/mol. The number of rotatable bonds is 9. The van der Waals surface area contributed by atoms with E-state index in [1.54, 1.807) is 30.0 Å². The summed E-state index contributed by atoms with van der Waals surface area (Å²) in [5, 5.41) is 10.6. The normalized spacial score (nSPS) is 16.4. The van der Waals surface area contributed by atoms with Crippen LogP contribution in [0.5, 0.6) is 0 Å². The molecule has 0 atom stereocenters. The summed E-state index contributed by atoms with van der Waals surface area (Å²) in [6, 6.07) is 15.0. The minimum atomic E-state index is -0.904. The van der Waals surface area contributed by atoms with Crippen LogP contribution in [-0.2, 0) is 22.5 Å². The highest BCUT2D eigenvalue weighted by molar-refractivity contribution is 8.03. The zero-order valence-corrected chi connectivity index (χ0v) is 19.4. The highest BCUT2D eigenvalue weighted by Crippen LogP contribution is 2.31. The zero-order chi connectivity index (χ0) is 23.0. The summed E-state index contributed by atoms with van der Waals surface area (Å²) >= 11 is 1.59. The Morgan fingerprint density at radius 1 is 1.09 bits per heavy atom. The van der Waals surface area contributed by atoms with Crippen LogP contribution in [0.4, 0.5) is 10.1 Å². The number of carboxylic acids is 1. The molecule has 4 rings (SSSR count). The first-order valence-corrected chi connectivity index (χ1v) is 12.3. The highest BCUT2D eigenvalue weighted by Gasteiger charge is 2.22. The Hall–Kier alpha value is -2.77. The van der Waals surface area contributed by atoms with Gasteiger partial charge in [-0.2, -0.15) is 0 Å². The molecule has 2 aliphatic rings. The van der Waals surface area contributed by atoms with Crippen molar-refractivity contribution in [2.45, 2.75) is 19.4 Å². The summed E-state index contributed by atoms with van der Waals surface area (Å²) < 4.78 is 18.6. The van der Waals surface area contributed by atoms with Gasteiger partial charge in [-0.25, -0.2) is 9.18 Å². The molecule has 7 heteroatoms. The molecular formula is C26H29FN2O3S. The fraction of sp³-hybridized carbons (Fsp3) is 0.346. The lowest BCUT2D eigenvalue weighted by atomic mass is 10.1. The summed E-state index contributed by atoms with van der Waals surface area (Å²) in [6.07, 6.45) is 5.35. The number of aliphatic carboxylic acids is 1. The highest BCUT2D eigenvalue weighted by atomic mass is 32.2. The van der Waals surface area contributed by atoms with E-state index in [4.69, 9.17) is 4.74 Å². The van der Waals surface area contributed by atoms with Crippen molar-refractivity contribution in [2.75, 3.05) is 43.5 Å². The Balaban J connectivity index is 1.42. The van der Waals surface area contributed by atoms with Gasteiger partial charge in [0.25, 0.3) is 0 Å². The van der Waals surface area contributed by atoms with Gasteiger partial charge in [-0.05, 0) is 60.1 Å². The summed E-state index contributed by atoms with van der Waals surface area (Å²) in [4.78, 5) is 16.4. The van der Waals surface area contributed by atoms with Gasteiger partial charge in [0.1, 0.15) is 5.82 Å². The molecule has 0 saturated carbocycles. The van der Waals surface area contributed by atoms with Gasteiger partial charge in [0.2, 0.25) is 0 Å². The second kappa shape index (κ2) is 11.4. The van der Waals surface area contributed by atoms with Crippen LogP contribution in [0.2, 0.25) is 0 Å². The molecule has 1 saturated heterocycles. The van der Waals surface area contributed by atoms with Crippen molar-refractivity contribution in [3.8, 4) is 0 Å². The van der Waals surface area contributed by atoms with Crippen molar-refractivity contribution in [1.29, 1.82) is 0 Å². The standard InChI is InChI=1S/C26H29FN2O3S/c27-22-10-8-20(9-11-22)5-3-17-33-25-24(26(30)31)7-2-12-29(25)19-21-4-1-6-23(18-21)28-13-15-32-16-14-28/h1-2,4,6-11,18H,3,5,12-17,19H2,(H,30,31). The van der Waals surface area contributed by atoms with Crippen molar-refractivity contribution >= 4 is 23.4 Å². The molecule has 0 radical (unpaired) electrons. The number of nitrogens with zero attached hydrogens (tertiary/aromatic N) is 2. The number of hydrogen-bond acceptors (Lipinski definition) is 5. The molecule has 174 valence electrons. The smallest absolute Gasteiger partial charge is 0.338 e. The van der Waals surface area contributed by atoms with E-state index in [0.29, 0.717) is 18.7 Å². The summed E-state index contributed by atoms with van der Waals surface area (Å²) in [5.41, 5.74) is 3.77. The third-order valence-corrected chi connectivity index (χ3v) is 7.02. The number of anilines is 1. The number of carboxylic acid groups (broad SMARTS) is 1. The number of benzene rings is 2. The van der Waals surface area contributed by atoms with Crippen LogP contribution in [0.25, 0.3) is 0 Å². The number of thioether (sulfide) groups is 1. The van der Waals surface area contributed by atoms with E-state index in [-0.39, 0.29) is 5.82 Å². The van der Waals surface area contributed by atoms with Crippen LogP contribution in [0.3, 0.4) is 0 Å². The van der Waals surface area contributed by atoms with Crippen molar-refractivity contribution in [2.24, 2.45) is 0 Å². The minimum absolute atomic E-state index is 0.230. The summed E-state index contributed by atoms with van der Waals surface area (Å²) in [5.74, 6) is -0.340. The molecule has 33 heavy (non-hydrogen) atoms. The third kappa shape index (κ3) is 6.39. The predicted molar refractivity (Wildman–Crippen MR) is 131 cm³/mol. The second-order valence-corrected chi connectivity index (χ2v) is 9.24. The number of morpholine rings is 1. The molecule has 0 amide bonds. The SMILES string of the molecule is O=C(O)C1=C(SCCCc2ccc(F)cc2)N(Cc2cccc(N3CCOCC3)c2)CC=C1. The van der Waals surface area contributed by atoms with Crippen LogP contribution >= 0.6 is 11.8 Å². The van der Waals surface area contributed by atoms with E-state index in [2.05, 4.69) is 34.1 Å². The molecule has 5 nitrogen and oxygen atoms in total. The number of hydrogen-bond donors (Lipinski definition) is 1. The van der Waals surface area contributed by atoms with Crippen molar-refractivity contribution in [3.05, 3.63) is 88.2 Å². The molecule has 0 aromatic heterocycles. The maximum absolute atomic E-state index is 13.1. The molecule has 0 unspecified atom stereocenters. The molecule has 0 bridgehead atoms. The topological polar surface area (TPSA) is 53.0 Å². The number of ether oxygens (including phenoxy) is 1. The minimum Gasteiger partial charge on any atom is -0.478 e. The Morgan fingerprint density at radius 3 is 2.64 bits per heavy atom. The Bertz CT molecular complexity index is 1020. The first-order valence-electron chi connectivity index (χ1n) is 11.3. The zero-order valence-electron chi connectivity index (χ0n) is 18.6. The van der Waals surface area contributed by atoms with E-state index < -0.39 is 5.97 Å². The van der Waals surface area contributed by atoms with E-state index in [9.17, 15) is 14.3 Å². The fourth-order valence-electron chi connectivity index (χ4n) is 4.08. The van der Waals surface area contributed by atoms with E-state index in [0.717, 1.165) is 61.1 Å². The molecule has 2 heterocycles. The van der Waals surface area contributed by atoms with Crippen molar-refractivity contribution < 1.29 is 19.0 Å². The number of aryl methyl sites for hydroxylation is 1. The first-order chi connectivity index (χ1) is 16.1. The Morgan fingerprint density at radius 2 is 1.88 bits per heavy atom. The predicted octanol–water partition coefficient (Wildman–Crippen LogP) is 4.70. The van der Waals surface area contributed by atoms with Crippen LogP contribution in [0.1, 0.15) is 17.5 Å². The van der Waals surface area contributed by atoms with Gasteiger partial charge in [-0.1, -0.05) is 30.3 Å². The molecule has 2 aliphatic heterocycles. The van der Waals surface area contributed by atoms with Gasteiger partial charge in [0, 0.05) is 31.9 Å². The number of halogens is 1. The quantitative estimate of drug-likeness (QED) is 0.539. The van der Waals surface area contributed by atoms with E-state index >= 15 is 0 Å². The molecule has 1 fully saturated rings. The van der Waals surface area contributed by atoms with Crippen LogP contribution in [-0.4, -0.2) is 54.6 Å². The monoisotopic (exact) mass is 468 g/mol. The van der Waals surface area contributed by atoms with Gasteiger partial charge in [0.05, 0.1) is 23.8 Å². The lowest BCUT2D eigenvalue weighted by molar-refractivity contribution is -0.132. The Kier molecular flexibility index (Phi) is 8.07. The fourth-order valence-corrected chi connectivity index (χ4v) is 5.19. The van der Waals surface area contributed by atoms with Gasteiger partial charge in [0.15, 0.2) is 0 Å². The van der Waals surface area contributed by atoms with Crippen molar-refractivity contribution in [3.63, 3.8) is 0 Å². The largest absolute Gasteiger partial charge is 0.478 e.